The van der Waals surface area contributed by atoms with Gasteiger partial charge in [-0.25, -0.2) is 15.0 Å². The van der Waals surface area contributed by atoms with Crippen LogP contribution in [0, 0.1) is 0 Å². The lowest BCUT2D eigenvalue weighted by molar-refractivity contribution is 0.666. The normalized spacial score (nSPS) is 12.0. The Balaban J connectivity index is 0.898. The number of fused-ring (bicyclic) bond motifs is 13. The van der Waals surface area contributed by atoms with Gasteiger partial charge in [-0.2, -0.15) is 0 Å². The Labute approximate surface area is 429 Å². The van der Waals surface area contributed by atoms with Crippen molar-refractivity contribution < 1.29 is 4.42 Å². The summed E-state index contributed by atoms with van der Waals surface area (Å²) in [4.78, 5) is 15.9. The molecule has 16 aromatic rings. The molecular formula is C69H41N5O. The molecule has 0 aliphatic rings. The van der Waals surface area contributed by atoms with Crippen molar-refractivity contribution in [3.8, 4) is 56.7 Å². The molecule has 6 nitrogen and oxygen atoms in total. The highest BCUT2D eigenvalue weighted by atomic mass is 16.3. The number of aromatic nitrogens is 5. The van der Waals surface area contributed by atoms with Gasteiger partial charge in [-0.15, -0.1) is 0 Å². The maximum Gasteiger partial charge on any atom is 0.164 e. The van der Waals surface area contributed by atoms with E-state index in [0.29, 0.717) is 17.5 Å². The molecule has 0 radical (unpaired) electrons. The monoisotopic (exact) mass is 955 g/mol. The van der Waals surface area contributed by atoms with Crippen molar-refractivity contribution >= 4 is 97.9 Å². The maximum absolute atomic E-state index is 7.06. The molecule has 0 fully saturated rings. The van der Waals surface area contributed by atoms with E-state index in [0.717, 1.165) is 94.0 Å². The summed E-state index contributed by atoms with van der Waals surface area (Å²) in [7, 11) is 0. The lowest BCUT2D eigenvalue weighted by atomic mass is 10.0. The summed E-state index contributed by atoms with van der Waals surface area (Å²) in [5, 5.41) is 13.8. The molecule has 0 bridgehead atoms. The van der Waals surface area contributed by atoms with Crippen LogP contribution in [0.5, 0.6) is 0 Å². The standard InChI is InChI=1S/C69H41N5O/c1-3-14-42(15-4-1)43-26-29-45(30-27-43)67-70-68(72-69(71-67)51-32-34-54-53-22-11-12-24-59(53)73(61(54)41-51)52-20-5-2-6-21-52)50-31-28-44-33-35-64-65(56(44)38-50)55-23-13-25-60(66(55)75-64)74-62-39-48-18-9-7-16-46(48)36-57(62)58-37-47-17-8-10-19-49(47)40-63(58)74/h1-41H. The Hall–Kier alpha value is -10.2. The second kappa shape index (κ2) is 16.2. The molecule has 16 rings (SSSR count). The molecule has 0 aliphatic carbocycles. The van der Waals surface area contributed by atoms with Crippen molar-refractivity contribution in [1.29, 1.82) is 0 Å². The zero-order valence-corrected chi connectivity index (χ0v) is 40.3. The highest BCUT2D eigenvalue weighted by Gasteiger charge is 2.22. The summed E-state index contributed by atoms with van der Waals surface area (Å²) in [6, 6.07) is 88.6. The van der Waals surface area contributed by atoms with Crippen LogP contribution in [0.15, 0.2) is 253 Å². The third-order valence-electron chi connectivity index (χ3n) is 15.3. The first-order valence-electron chi connectivity index (χ1n) is 25.4. The van der Waals surface area contributed by atoms with Crippen LogP contribution in [0.1, 0.15) is 0 Å². The van der Waals surface area contributed by atoms with Crippen LogP contribution in [-0.2, 0) is 0 Å². The lowest BCUT2D eigenvalue weighted by Gasteiger charge is -2.11. The first-order valence-corrected chi connectivity index (χ1v) is 25.4. The second-order valence-electron chi connectivity index (χ2n) is 19.6. The molecule has 4 heterocycles. The number of rotatable bonds is 6. The van der Waals surface area contributed by atoms with Gasteiger partial charge < -0.3 is 13.6 Å². The zero-order chi connectivity index (χ0) is 49.1. The molecule has 12 aromatic carbocycles. The summed E-state index contributed by atoms with van der Waals surface area (Å²) in [5.74, 6) is 1.78. The maximum atomic E-state index is 7.06. The summed E-state index contributed by atoms with van der Waals surface area (Å²) in [6.07, 6.45) is 0. The van der Waals surface area contributed by atoms with Gasteiger partial charge in [-0.05, 0) is 110 Å². The van der Waals surface area contributed by atoms with Crippen molar-refractivity contribution in [2.24, 2.45) is 0 Å². The smallest absolute Gasteiger partial charge is 0.164 e. The Morgan fingerprint density at radius 3 is 1.49 bits per heavy atom. The van der Waals surface area contributed by atoms with E-state index < -0.39 is 0 Å². The molecule has 348 valence electrons. The van der Waals surface area contributed by atoms with Gasteiger partial charge in [0.1, 0.15) is 5.58 Å². The van der Waals surface area contributed by atoms with Crippen LogP contribution < -0.4 is 0 Å². The molecule has 4 aromatic heterocycles. The number of benzene rings is 12. The third kappa shape index (κ3) is 6.50. The minimum Gasteiger partial charge on any atom is -0.454 e. The number of para-hydroxylation sites is 3. The molecule has 0 saturated carbocycles. The van der Waals surface area contributed by atoms with Gasteiger partial charge >= 0.3 is 0 Å². The van der Waals surface area contributed by atoms with Gasteiger partial charge in [0.2, 0.25) is 0 Å². The third-order valence-corrected chi connectivity index (χ3v) is 15.3. The molecule has 0 N–H and O–H groups in total. The topological polar surface area (TPSA) is 61.7 Å². The molecular weight excluding hydrogens is 915 g/mol. The molecule has 0 amide bonds. The van der Waals surface area contributed by atoms with E-state index in [1.54, 1.807) is 0 Å². The van der Waals surface area contributed by atoms with E-state index >= 15 is 0 Å². The van der Waals surface area contributed by atoms with Crippen LogP contribution in [0.4, 0.5) is 0 Å². The van der Waals surface area contributed by atoms with E-state index in [4.69, 9.17) is 19.4 Å². The van der Waals surface area contributed by atoms with Crippen LogP contribution in [-0.4, -0.2) is 24.1 Å². The number of hydrogen-bond donors (Lipinski definition) is 0. The van der Waals surface area contributed by atoms with E-state index in [-0.39, 0.29) is 0 Å². The first-order chi connectivity index (χ1) is 37.1. The molecule has 0 unspecified atom stereocenters. The average Bonchev–Trinajstić information content (AvgIpc) is 4.15. The Morgan fingerprint density at radius 1 is 0.280 bits per heavy atom. The van der Waals surface area contributed by atoms with Gasteiger partial charge in [0.05, 0.1) is 27.8 Å². The molecule has 0 spiro atoms. The Kier molecular flexibility index (Phi) is 8.94. The number of furan rings is 1. The van der Waals surface area contributed by atoms with Crippen LogP contribution in [0.25, 0.3) is 155 Å². The quantitative estimate of drug-likeness (QED) is 0.167. The largest absolute Gasteiger partial charge is 0.454 e. The van der Waals surface area contributed by atoms with Crippen molar-refractivity contribution in [3.63, 3.8) is 0 Å². The number of hydrogen-bond acceptors (Lipinski definition) is 4. The SMILES string of the molecule is c1ccc(-c2ccc(-c3nc(-c4ccc5ccc6oc7c(-n8c9cc%10ccccc%10cc9c9cc%10ccccc%10cc98)cccc7c6c5c4)nc(-c4ccc5c6ccccc6n(-c6ccccc6)c5c4)n3)cc2)cc1. The summed E-state index contributed by atoms with van der Waals surface area (Å²) < 4.78 is 11.8. The summed E-state index contributed by atoms with van der Waals surface area (Å²) in [5.41, 5.74) is 13.2. The fraction of sp³-hybridized carbons (Fsp3) is 0. The van der Waals surface area contributed by atoms with E-state index in [1.165, 1.54) is 43.1 Å². The van der Waals surface area contributed by atoms with Gasteiger partial charge in [0, 0.05) is 54.7 Å². The fourth-order valence-corrected chi connectivity index (χ4v) is 11.7. The van der Waals surface area contributed by atoms with Gasteiger partial charge in [0.15, 0.2) is 23.1 Å². The molecule has 0 saturated heterocycles. The molecule has 75 heavy (non-hydrogen) atoms. The first kappa shape index (κ1) is 41.4. The van der Waals surface area contributed by atoms with Gasteiger partial charge in [-0.1, -0.05) is 182 Å². The summed E-state index contributed by atoms with van der Waals surface area (Å²) >= 11 is 0. The fourth-order valence-electron chi connectivity index (χ4n) is 11.7. The molecule has 0 aliphatic heterocycles. The lowest BCUT2D eigenvalue weighted by Crippen LogP contribution is -2.00. The predicted octanol–water partition coefficient (Wildman–Crippen LogP) is 18.1. The summed E-state index contributed by atoms with van der Waals surface area (Å²) in [6.45, 7) is 0. The van der Waals surface area contributed by atoms with E-state index in [2.05, 4.69) is 252 Å². The van der Waals surface area contributed by atoms with Crippen molar-refractivity contribution in [2.45, 2.75) is 0 Å². The second-order valence-corrected chi connectivity index (χ2v) is 19.6. The minimum atomic E-state index is 0.586. The Bertz CT molecular complexity index is 4900. The van der Waals surface area contributed by atoms with Gasteiger partial charge in [-0.3, -0.25) is 0 Å². The Morgan fingerprint density at radius 2 is 0.787 bits per heavy atom. The minimum absolute atomic E-state index is 0.586. The van der Waals surface area contributed by atoms with E-state index in [9.17, 15) is 0 Å². The van der Waals surface area contributed by atoms with Crippen molar-refractivity contribution in [1.82, 2.24) is 24.1 Å². The van der Waals surface area contributed by atoms with E-state index in [1.807, 2.05) is 6.07 Å². The number of nitrogens with zero attached hydrogens (tertiary/aromatic N) is 5. The van der Waals surface area contributed by atoms with Crippen molar-refractivity contribution in [3.05, 3.63) is 249 Å². The molecule has 0 atom stereocenters. The van der Waals surface area contributed by atoms with Crippen molar-refractivity contribution in [2.75, 3.05) is 0 Å². The highest BCUT2D eigenvalue weighted by Crippen LogP contribution is 2.43. The van der Waals surface area contributed by atoms with Crippen LogP contribution in [0.2, 0.25) is 0 Å². The highest BCUT2D eigenvalue weighted by molar-refractivity contribution is 6.22. The zero-order valence-electron chi connectivity index (χ0n) is 40.3. The van der Waals surface area contributed by atoms with Crippen LogP contribution >= 0.6 is 0 Å². The van der Waals surface area contributed by atoms with Crippen LogP contribution in [0.3, 0.4) is 0 Å². The predicted molar refractivity (Wildman–Crippen MR) is 310 cm³/mol. The van der Waals surface area contributed by atoms with Gasteiger partial charge in [0.25, 0.3) is 0 Å². The average molecular weight is 956 g/mol. The molecule has 6 heteroatoms.